The molecule has 146 valence electrons. The molecule has 4 fully saturated rings. The fraction of sp³-hybridized carbons (Fsp3) is 0.900. The Labute approximate surface area is 156 Å². The Morgan fingerprint density at radius 2 is 1.42 bits per heavy atom. The molecule has 2 saturated carbocycles. The topological polar surface area (TPSA) is 67.9 Å². The van der Waals surface area contributed by atoms with E-state index in [1.165, 1.54) is 12.8 Å². The van der Waals surface area contributed by atoms with Crippen molar-refractivity contribution < 1.29 is 19.1 Å². The van der Waals surface area contributed by atoms with Gasteiger partial charge in [-0.25, -0.2) is 0 Å². The molecule has 1 spiro atoms. The van der Waals surface area contributed by atoms with Crippen molar-refractivity contribution in [2.45, 2.75) is 76.0 Å². The smallest absolute Gasteiger partial charge is 0.225 e. The summed E-state index contributed by atoms with van der Waals surface area (Å²) in [6.07, 6.45) is 9.66. The van der Waals surface area contributed by atoms with E-state index in [4.69, 9.17) is 9.47 Å². The number of nitrogens with one attached hydrogen (secondary N) is 1. The fourth-order valence-electron chi connectivity index (χ4n) is 5.10. The highest BCUT2D eigenvalue weighted by molar-refractivity contribution is 5.81. The summed E-state index contributed by atoms with van der Waals surface area (Å²) in [5.74, 6) is 0.257. The summed E-state index contributed by atoms with van der Waals surface area (Å²) < 4.78 is 11.5. The number of carbonyl (C=O) groups excluding carboxylic acids is 2. The first-order valence-electron chi connectivity index (χ1n) is 10.5. The number of carbonyl (C=O) groups is 2. The Morgan fingerprint density at radius 3 is 2.04 bits per heavy atom. The Hall–Kier alpha value is -1.14. The standard InChI is InChI=1S/C20H32N2O4/c23-18(21-17-3-1-2-4-17)15-5-7-16(8-6-15)19(24)22-11-9-20(10-12-22)25-13-14-26-20/h15-17H,1-14H2,(H,21,23). The average Bonchev–Trinajstić information content (AvgIpc) is 3.34. The number of hydrogen-bond donors (Lipinski definition) is 1. The second kappa shape index (κ2) is 7.85. The largest absolute Gasteiger partial charge is 0.353 e. The van der Waals surface area contributed by atoms with Crippen LogP contribution in [0.4, 0.5) is 0 Å². The Morgan fingerprint density at radius 1 is 0.846 bits per heavy atom. The fourth-order valence-corrected chi connectivity index (χ4v) is 5.10. The SMILES string of the molecule is O=C(NC1CCCC1)C1CCC(C(=O)N2CCC3(CC2)OCCO3)CC1. The predicted octanol–water partition coefficient (Wildman–Crippen LogP) is 2.22. The molecule has 2 heterocycles. The normalized spacial score (nSPS) is 32.1. The van der Waals surface area contributed by atoms with Crippen LogP contribution in [0.3, 0.4) is 0 Å². The number of nitrogens with zero attached hydrogens (tertiary/aromatic N) is 1. The molecule has 2 aliphatic carbocycles. The van der Waals surface area contributed by atoms with Gasteiger partial charge in [0.2, 0.25) is 11.8 Å². The van der Waals surface area contributed by atoms with E-state index in [0.29, 0.717) is 19.3 Å². The van der Waals surface area contributed by atoms with E-state index in [9.17, 15) is 9.59 Å². The summed E-state index contributed by atoms with van der Waals surface area (Å²) in [5, 5.41) is 3.22. The Balaban J connectivity index is 1.21. The number of amides is 2. The molecule has 0 aromatic carbocycles. The van der Waals surface area contributed by atoms with E-state index in [1.54, 1.807) is 0 Å². The van der Waals surface area contributed by atoms with E-state index in [1.807, 2.05) is 4.90 Å². The lowest BCUT2D eigenvalue weighted by Crippen LogP contribution is -2.49. The zero-order chi connectivity index (χ0) is 18.0. The maximum atomic E-state index is 12.9. The van der Waals surface area contributed by atoms with Gasteiger partial charge in [-0.05, 0) is 38.5 Å². The van der Waals surface area contributed by atoms with Crippen LogP contribution in [-0.2, 0) is 19.1 Å². The van der Waals surface area contributed by atoms with Crippen molar-refractivity contribution in [3.8, 4) is 0 Å². The summed E-state index contributed by atoms with van der Waals surface area (Å²) in [5.41, 5.74) is 0. The van der Waals surface area contributed by atoms with E-state index >= 15 is 0 Å². The van der Waals surface area contributed by atoms with Gasteiger partial charge in [-0.3, -0.25) is 9.59 Å². The van der Waals surface area contributed by atoms with E-state index in [2.05, 4.69) is 5.32 Å². The molecule has 2 aliphatic heterocycles. The third-order valence-corrected chi connectivity index (χ3v) is 6.80. The molecule has 6 heteroatoms. The van der Waals surface area contributed by atoms with E-state index in [-0.39, 0.29) is 23.7 Å². The minimum absolute atomic E-state index is 0.0880. The second-order valence-electron chi connectivity index (χ2n) is 8.47. The van der Waals surface area contributed by atoms with Crippen molar-refractivity contribution in [3.63, 3.8) is 0 Å². The van der Waals surface area contributed by atoms with Gasteiger partial charge < -0.3 is 19.7 Å². The summed E-state index contributed by atoms with van der Waals surface area (Å²) in [7, 11) is 0. The highest BCUT2D eigenvalue weighted by Gasteiger charge is 2.42. The van der Waals surface area contributed by atoms with Gasteiger partial charge in [-0.15, -0.1) is 0 Å². The number of piperidine rings is 1. The number of rotatable bonds is 3. The minimum atomic E-state index is -0.424. The molecule has 2 amide bonds. The van der Waals surface area contributed by atoms with Crippen LogP contribution in [0, 0.1) is 11.8 Å². The summed E-state index contributed by atoms with van der Waals surface area (Å²) in [6, 6.07) is 0.391. The number of ether oxygens (including phenoxy) is 2. The van der Waals surface area contributed by atoms with E-state index < -0.39 is 5.79 Å². The lowest BCUT2D eigenvalue weighted by Gasteiger charge is -2.39. The molecule has 4 aliphatic rings. The van der Waals surface area contributed by atoms with Crippen molar-refractivity contribution in [1.82, 2.24) is 10.2 Å². The molecule has 1 N–H and O–H groups in total. The molecule has 4 rings (SSSR count). The van der Waals surface area contributed by atoms with Crippen LogP contribution < -0.4 is 5.32 Å². The van der Waals surface area contributed by atoms with Gasteiger partial charge in [0.1, 0.15) is 0 Å². The quantitative estimate of drug-likeness (QED) is 0.834. The van der Waals surface area contributed by atoms with Gasteiger partial charge in [-0.1, -0.05) is 12.8 Å². The van der Waals surface area contributed by atoms with Crippen molar-refractivity contribution >= 4 is 11.8 Å². The van der Waals surface area contributed by atoms with Crippen LogP contribution >= 0.6 is 0 Å². The third kappa shape index (κ3) is 3.91. The molecular formula is C20H32N2O4. The molecule has 0 atom stereocenters. The maximum absolute atomic E-state index is 12.9. The molecule has 2 saturated heterocycles. The van der Waals surface area contributed by atoms with Gasteiger partial charge in [0.25, 0.3) is 0 Å². The zero-order valence-electron chi connectivity index (χ0n) is 15.7. The van der Waals surface area contributed by atoms with Crippen molar-refractivity contribution in [1.29, 1.82) is 0 Å². The van der Waals surface area contributed by atoms with Crippen LogP contribution in [-0.4, -0.2) is 54.8 Å². The molecule has 26 heavy (non-hydrogen) atoms. The first-order valence-corrected chi connectivity index (χ1v) is 10.5. The van der Waals surface area contributed by atoms with Crippen LogP contribution in [0.1, 0.15) is 64.2 Å². The van der Waals surface area contributed by atoms with Gasteiger partial charge in [0.15, 0.2) is 5.79 Å². The molecule has 0 unspecified atom stereocenters. The minimum Gasteiger partial charge on any atom is -0.353 e. The summed E-state index contributed by atoms with van der Waals surface area (Å²) in [6.45, 7) is 2.78. The molecule has 0 bridgehead atoms. The van der Waals surface area contributed by atoms with Gasteiger partial charge in [-0.2, -0.15) is 0 Å². The Kier molecular flexibility index (Phi) is 5.50. The lowest BCUT2D eigenvalue weighted by molar-refractivity contribution is -0.188. The third-order valence-electron chi connectivity index (χ3n) is 6.80. The van der Waals surface area contributed by atoms with Gasteiger partial charge in [0, 0.05) is 43.8 Å². The van der Waals surface area contributed by atoms with Crippen LogP contribution in [0.25, 0.3) is 0 Å². The van der Waals surface area contributed by atoms with Gasteiger partial charge in [0.05, 0.1) is 13.2 Å². The monoisotopic (exact) mass is 364 g/mol. The first-order chi connectivity index (χ1) is 12.7. The number of likely N-dealkylation sites (tertiary alicyclic amines) is 1. The van der Waals surface area contributed by atoms with E-state index in [0.717, 1.165) is 64.5 Å². The maximum Gasteiger partial charge on any atom is 0.225 e. The highest BCUT2D eigenvalue weighted by Crippen LogP contribution is 2.35. The Bertz CT molecular complexity index is 508. The zero-order valence-corrected chi connectivity index (χ0v) is 15.7. The molecule has 6 nitrogen and oxygen atoms in total. The second-order valence-corrected chi connectivity index (χ2v) is 8.47. The summed E-state index contributed by atoms with van der Waals surface area (Å²) >= 11 is 0. The molecule has 0 aromatic rings. The van der Waals surface area contributed by atoms with Crippen LogP contribution in [0.2, 0.25) is 0 Å². The van der Waals surface area contributed by atoms with Gasteiger partial charge >= 0.3 is 0 Å². The average molecular weight is 364 g/mol. The first kappa shape index (κ1) is 18.2. The molecule has 0 radical (unpaired) electrons. The molecular weight excluding hydrogens is 332 g/mol. The van der Waals surface area contributed by atoms with Crippen molar-refractivity contribution in [2.24, 2.45) is 11.8 Å². The van der Waals surface area contributed by atoms with Crippen molar-refractivity contribution in [3.05, 3.63) is 0 Å². The number of hydrogen-bond acceptors (Lipinski definition) is 4. The molecule has 0 aromatic heterocycles. The predicted molar refractivity (Wildman–Crippen MR) is 96.3 cm³/mol. The lowest BCUT2D eigenvalue weighted by atomic mass is 9.80. The van der Waals surface area contributed by atoms with Crippen LogP contribution in [0.5, 0.6) is 0 Å². The van der Waals surface area contributed by atoms with Crippen molar-refractivity contribution in [2.75, 3.05) is 26.3 Å². The van der Waals surface area contributed by atoms with Crippen LogP contribution in [0.15, 0.2) is 0 Å². The summed E-state index contributed by atoms with van der Waals surface area (Å²) in [4.78, 5) is 27.3. The highest BCUT2D eigenvalue weighted by atomic mass is 16.7.